The highest BCUT2D eigenvalue weighted by molar-refractivity contribution is 7.89. The number of fused-ring (bicyclic) bond motifs is 1. The van der Waals surface area contributed by atoms with Crippen LogP contribution in [0.1, 0.15) is 48.1 Å². The minimum atomic E-state index is -3.65. The molecule has 1 atom stereocenters. The number of halogens is 1. The highest BCUT2D eigenvalue weighted by Gasteiger charge is 2.29. The van der Waals surface area contributed by atoms with E-state index in [2.05, 4.69) is 25.1 Å². The molecule has 180 valence electrons. The zero-order valence-electron chi connectivity index (χ0n) is 18.8. The van der Waals surface area contributed by atoms with Crippen molar-refractivity contribution >= 4 is 26.8 Å². The number of nitrogens with one attached hydrogen (secondary N) is 2. The fourth-order valence-corrected chi connectivity index (χ4v) is 5.04. The maximum atomic E-state index is 13.3. The summed E-state index contributed by atoms with van der Waals surface area (Å²) in [7, 11) is -3.65. The monoisotopic (exact) mass is 494 g/mol. The minimum absolute atomic E-state index is 0.00659. The fraction of sp³-hybridized carbons (Fsp3) is 0.250. The Bertz CT molecular complexity index is 1480. The van der Waals surface area contributed by atoms with Crippen LogP contribution >= 0.6 is 0 Å². The Kier molecular flexibility index (Phi) is 6.03. The molecule has 0 unspecified atom stereocenters. The van der Waals surface area contributed by atoms with E-state index in [4.69, 9.17) is 0 Å². The maximum absolute atomic E-state index is 13.3. The Morgan fingerprint density at radius 2 is 1.89 bits per heavy atom. The fourth-order valence-electron chi connectivity index (χ4n) is 3.81. The van der Waals surface area contributed by atoms with Gasteiger partial charge in [0.1, 0.15) is 5.82 Å². The van der Waals surface area contributed by atoms with Crippen LogP contribution in [0.15, 0.2) is 66.2 Å². The van der Waals surface area contributed by atoms with Crippen molar-refractivity contribution in [2.24, 2.45) is 0 Å². The molecule has 35 heavy (non-hydrogen) atoms. The lowest BCUT2D eigenvalue weighted by Crippen LogP contribution is -2.29. The highest BCUT2D eigenvalue weighted by atomic mass is 32.2. The van der Waals surface area contributed by atoms with Gasteiger partial charge >= 0.3 is 0 Å². The summed E-state index contributed by atoms with van der Waals surface area (Å²) < 4.78 is 42.2. The van der Waals surface area contributed by atoms with Gasteiger partial charge in [-0.15, -0.1) is 0 Å². The summed E-state index contributed by atoms with van der Waals surface area (Å²) in [5.74, 6) is -0.700. The van der Waals surface area contributed by atoms with Crippen molar-refractivity contribution in [3.63, 3.8) is 0 Å². The lowest BCUT2D eigenvalue weighted by Gasteiger charge is -2.18. The van der Waals surface area contributed by atoms with Crippen molar-refractivity contribution in [2.75, 3.05) is 0 Å². The van der Waals surface area contributed by atoms with Crippen LogP contribution in [-0.4, -0.2) is 40.1 Å². The smallest absolute Gasteiger partial charge is 0.258 e. The van der Waals surface area contributed by atoms with Gasteiger partial charge in [-0.05, 0) is 55.2 Å². The van der Waals surface area contributed by atoms with E-state index in [0.29, 0.717) is 34.1 Å². The van der Waals surface area contributed by atoms with E-state index in [9.17, 15) is 17.6 Å². The number of aromatic nitrogens is 4. The van der Waals surface area contributed by atoms with E-state index in [0.717, 1.165) is 12.8 Å². The predicted molar refractivity (Wildman–Crippen MR) is 127 cm³/mol. The molecule has 0 bridgehead atoms. The Hall–Kier alpha value is -3.70. The van der Waals surface area contributed by atoms with Crippen LogP contribution in [0, 0.1) is 5.82 Å². The van der Waals surface area contributed by atoms with Gasteiger partial charge in [0.25, 0.3) is 15.9 Å². The number of amides is 1. The summed E-state index contributed by atoms with van der Waals surface area (Å²) in [5.41, 5.74) is 2.28. The van der Waals surface area contributed by atoms with E-state index in [1.807, 2.05) is 6.92 Å². The van der Waals surface area contributed by atoms with Gasteiger partial charge in [0.15, 0.2) is 5.03 Å². The molecule has 11 heteroatoms. The molecular formula is C24H23FN6O3S. The third kappa shape index (κ3) is 4.77. The Morgan fingerprint density at radius 3 is 2.54 bits per heavy atom. The quantitative estimate of drug-likeness (QED) is 0.388. The third-order valence-electron chi connectivity index (χ3n) is 5.86. The Balaban J connectivity index is 1.37. The van der Waals surface area contributed by atoms with E-state index >= 15 is 0 Å². The van der Waals surface area contributed by atoms with E-state index < -0.39 is 10.0 Å². The summed E-state index contributed by atoms with van der Waals surface area (Å²) in [6, 6.07) is 8.59. The zero-order valence-corrected chi connectivity index (χ0v) is 19.7. The molecule has 5 rings (SSSR count). The Morgan fingerprint density at radius 1 is 1.11 bits per heavy atom. The van der Waals surface area contributed by atoms with Crippen LogP contribution in [0.25, 0.3) is 16.6 Å². The van der Waals surface area contributed by atoms with Crippen molar-refractivity contribution < 1.29 is 17.6 Å². The van der Waals surface area contributed by atoms with Crippen molar-refractivity contribution in [1.82, 2.24) is 29.8 Å². The van der Waals surface area contributed by atoms with Crippen LogP contribution in [0.2, 0.25) is 0 Å². The zero-order chi connectivity index (χ0) is 24.6. The Labute approximate surface area is 201 Å². The summed E-state index contributed by atoms with van der Waals surface area (Å²) in [5, 5.41) is 7.89. The van der Waals surface area contributed by atoms with E-state index in [-0.39, 0.29) is 28.8 Å². The number of carbonyl (C=O) groups excluding carboxylic acids is 1. The molecule has 1 fully saturated rings. The van der Waals surface area contributed by atoms with Crippen LogP contribution in [0.3, 0.4) is 0 Å². The number of benzene rings is 1. The number of rotatable bonds is 8. The van der Waals surface area contributed by atoms with Gasteiger partial charge < -0.3 is 5.32 Å². The molecule has 0 saturated heterocycles. The second kappa shape index (κ2) is 9.16. The molecule has 3 aromatic heterocycles. The first kappa shape index (κ1) is 23.1. The summed E-state index contributed by atoms with van der Waals surface area (Å²) in [6.07, 6.45) is 8.36. The molecule has 0 spiro atoms. The summed E-state index contributed by atoms with van der Waals surface area (Å²) in [4.78, 5) is 21.5. The average molecular weight is 495 g/mol. The molecule has 2 N–H and O–H groups in total. The normalized spacial score (nSPS) is 14.7. The molecule has 0 radical (unpaired) electrons. The minimum Gasteiger partial charge on any atom is -0.345 e. The summed E-state index contributed by atoms with van der Waals surface area (Å²) in [6.45, 7) is 1.91. The molecule has 1 aromatic carbocycles. The molecule has 3 heterocycles. The van der Waals surface area contributed by atoms with Gasteiger partial charge in [-0.25, -0.2) is 27.2 Å². The van der Waals surface area contributed by atoms with Crippen LogP contribution in [0.5, 0.6) is 0 Å². The lowest BCUT2D eigenvalue weighted by atomic mass is 10.1. The predicted octanol–water partition coefficient (Wildman–Crippen LogP) is 3.28. The second-order valence-electron chi connectivity index (χ2n) is 8.41. The SMILES string of the molecule is CC[C@H](NC(=O)c1cncc2c1cnn2-c1ccc(F)cc1)c1ccc(S(=O)(=O)NC2CC2)nc1. The van der Waals surface area contributed by atoms with Gasteiger partial charge in [0.2, 0.25) is 0 Å². The van der Waals surface area contributed by atoms with Gasteiger partial charge in [-0.1, -0.05) is 13.0 Å². The van der Waals surface area contributed by atoms with Gasteiger partial charge in [-0.3, -0.25) is 9.78 Å². The van der Waals surface area contributed by atoms with Gasteiger partial charge in [0, 0.05) is 23.8 Å². The maximum Gasteiger partial charge on any atom is 0.258 e. The number of nitrogens with zero attached hydrogens (tertiary/aromatic N) is 4. The lowest BCUT2D eigenvalue weighted by molar-refractivity contribution is 0.0937. The van der Waals surface area contributed by atoms with Gasteiger partial charge in [0.05, 0.1) is 35.2 Å². The molecule has 1 aliphatic rings. The third-order valence-corrected chi connectivity index (χ3v) is 7.30. The molecule has 1 saturated carbocycles. The number of carbonyl (C=O) groups is 1. The first-order valence-corrected chi connectivity index (χ1v) is 12.7. The molecule has 1 amide bonds. The van der Waals surface area contributed by atoms with Crippen LogP contribution < -0.4 is 10.0 Å². The number of hydrogen-bond acceptors (Lipinski definition) is 6. The number of pyridine rings is 2. The first-order chi connectivity index (χ1) is 16.9. The van der Waals surface area contributed by atoms with E-state index in [1.54, 1.807) is 35.3 Å². The molecular weight excluding hydrogens is 471 g/mol. The highest BCUT2D eigenvalue weighted by Crippen LogP contribution is 2.24. The average Bonchev–Trinajstić information content (AvgIpc) is 3.56. The van der Waals surface area contributed by atoms with Crippen LogP contribution in [0.4, 0.5) is 4.39 Å². The van der Waals surface area contributed by atoms with Crippen molar-refractivity contribution in [2.45, 2.75) is 43.3 Å². The van der Waals surface area contributed by atoms with Crippen LogP contribution in [-0.2, 0) is 10.0 Å². The van der Waals surface area contributed by atoms with Gasteiger partial charge in [-0.2, -0.15) is 5.10 Å². The second-order valence-corrected chi connectivity index (χ2v) is 10.1. The van der Waals surface area contributed by atoms with Crippen molar-refractivity contribution in [3.05, 3.63) is 78.1 Å². The molecule has 1 aliphatic carbocycles. The number of sulfonamides is 1. The molecule has 0 aliphatic heterocycles. The number of hydrogen-bond donors (Lipinski definition) is 2. The summed E-state index contributed by atoms with van der Waals surface area (Å²) >= 11 is 0. The van der Waals surface area contributed by atoms with E-state index in [1.165, 1.54) is 30.6 Å². The standard InChI is InChI=1S/C24H23FN6O3S/c1-2-21(15-3-10-23(27-11-15)35(33,34)30-17-6-7-17)29-24(32)20-12-26-14-22-19(20)13-28-31(22)18-8-4-16(25)5-9-18/h3-5,8-14,17,21,30H,2,6-7H2,1H3,(H,29,32)/t21-/m0/s1. The van der Waals surface area contributed by atoms with Crippen molar-refractivity contribution in [3.8, 4) is 5.69 Å². The van der Waals surface area contributed by atoms with Crippen molar-refractivity contribution in [1.29, 1.82) is 0 Å². The largest absolute Gasteiger partial charge is 0.345 e. The first-order valence-electron chi connectivity index (χ1n) is 11.2. The topological polar surface area (TPSA) is 119 Å². The molecule has 4 aromatic rings. The molecule has 9 nitrogen and oxygen atoms in total.